The van der Waals surface area contributed by atoms with Crippen LogP contribution >= 0.6 is 15.9 Å². The molecule has 0 aliphatic carbocycles. The highest BCUT2D eigenvalue weighted by molar-refractivity contribution is 9.08. The molecule has 0 radical (unpaired) electrons. The van der Waals surface area contributed by atoms with E-state index in [2.05, 4.69) is 21.2 Å². The number of alkyl halides is 1. The summed E-state index contributed by atoms with van der Waals surface area (Å²) in [4.78, 5) is 11.8. The summed E-state index contributed by atoms with van der Waals surface area (Å²) < 4.78 is 39.7. The summed E-state index contributed by atoms with van der Waals surface area (Å²) in [6, 6.07) is 8.29. The van der Waals surface area contributed by atoms with E-state index < -0.39 is 28.9 Å². The van der Waals surface area contributed by atoms with Crippen molar-refractivity contribution in [2.75, 3.05) is 0 Å². The molecule has 1 N–H and O–H groups in total. The van der Waals surface area contributed by atoms with Gasteiger partial charge < -0.3 is 5.32 Å². The molecule has 110 valence electrons. The van der Waals surface area contributed by atoms with Crippen LogP contribution in [-0.4, -0.2) is 5.91 Å². The molecule has 0 saturated carbocycles. The summed E-state index contributed by atoms with van der Waals surface area (Å²) >= 11 is 3.31. The van der Waals surface area contributed by atoms with E-state index in [9.17, 15) is 18.0 Å². The number of halogens is 4. The first-order chi connectivity index (χ1) is 10.0. The zero-order chi connectivity index (χ0) is 15.4. The third-order valence-electron chi connectivity index (χ3n) is 2.86. The highest BCUT2D eigenvalue weighted by Crippen LogP contribution is 2.15. The molecule has 1 amide bonds. The smallest absolute Gasteiger partial charge is 0.257 e. The maximum Gasteiger partial charge on any atom is 0.257 e. The monoisotopic (exact) mass is 357 g/mol. The average Bonchev–Trinajstić information content (AvgIpc) is 2.44. The summed E-state index contributed by atoms with van der Waals surface area (Å²) in [6.07, 6.45) is 0. The van der Waals surface area contributed by atoms with E-state index >= 15 is 0 Å². The first-order valence-corrected chi connectivity index (χ1v) is 7.20. The lowest BCUT2D eigenvalue weighted by atomic mass is 10.1. The van der Waals surface area contributed by atoms with E-state index in [0.717, 1.165) is 11.1 Å². The van der Waals surface area contributed by atoms with Crippen LogP contribution in [0.2, 0.25) is 0 Å². The fraction of sp³-hybridized carbons (Fsp3) is 0.133. The van der Waals surface area contributed by atoms with Crippen LogP contribution in [-0.2, 0) is 11.9 Å². The number of amides is 1. The number of benzene rings is 2. The van der Waals surface area contributed by atoms with E-state index in [1.807, 2.05) is 12.1 Å². The van der Waals surface area contributed by atoms with Gasteiger partial charge in [0.2, 0.25) is 0 Å². The highest BCUT2D eigenvalue weighted by atomic mass is 79.9. The van der Waals surface area contributed by atoms with Gasteiger partial charge in [-0.3, -0.25) is 4.79 Å². The molecule has 2 aromatic carbocycles. The predicted molar refractivity (Wildman–Crippen MR) is 76.6 cm³/mol. The molecule has 2 aromatic rings. The minimum Gasteiger partial charge on any atom is -0.348 e. The van der Waals surface area contributed by atoms with Crippen LogP contribution in [0.15, 0.2) is 36.4 Å². The second-order valence-electron chi connectivity index (χ2n) is 4.38. The number of carbonyl (C=O) groups is 1. The Kier molecular flexibility index (Phi) is 5.01. The van der Waals surface area contributed by atoms with Crippen LogP contribution in [0.3, 0.4) is 0 Å². The van der Waals surface area contributed by atoms with Crippen molar-refractivity contribution in [2.45, 2.75) is 11.9 Å². The normalized spacial score (nSPS) is 10.5. The van der Waals surface area contributed by atoms with Crippen LogP contribution in [0.4, 0.5) is 13.2 Å². The van der Waals surface area contributed by atoms with Gasteiger partial charge in [-0.1, -0.05) is 40.2 Å². The molecule has 0 heterocycles. The highest BCUT2D eigenvalue weighted by Gasteiger charge is 2.18. The Morgan fingerprint density at radius 1 is 1.00 bits per heavy atom. The van der Waals surface area contributed by atoms with Gasteiger partial charge in [-0.2, -0.15) is 0 Å². The average molecular weight is 358 g/mol. The lowest BCUT2D eigenvalue weighted by Crippen LogP contribution is -2.25. The van der Waals surface area contributed by atoms with Crippen molar-refractivity contribution >= 4 is 21.8 Å². The van der Waals surface area contributed by atoms with Crippen LogP contribution in [0.1, 0.15) is 21.5 Å². The molecule has 6 heteroatoms. The van der Waals surface area contributed by atoms with E-state index in [1.54, 1.807) is 12.1 Å². The Morgan fingerprint density at radius 3 is 2.05 bits per heavy atom. The molecule has 0 atom stereocenters. The number of hydrogen-bond acceptors (Lipinski definition) is 1. The van der Waals surface area contributed by atoms with Gasteiger partial charge in [0.15, 0.2) is 0 Å². The molecule has 0 aromatic heterocycles. The van der Waals surface area contributed by atoms with Crippen molar-refractivity contribution in [3.63, 3.8) is 0 Å². The molecule has 0 saturated heterocycles. The number of nitrogens with one attached hydrogen (secondary N) is 1. The Labute approximate surface area is 128 Å². The molecule has 21 heavy (non-hydrogen) atoms. The van der Waals surface area contributed by atoms with Gasteiger partial charge in [0.25, 0.3) is 5.91 Å². The van der Waals surface area contributed by atoms with E-state index in [1.165, 1.54) is 0 Å². The molecule has 2 nitrogen and oxygen atoms in total. The largest absolute Gasteiger partial charge is 0.348 e. The van der Waals surface area contributed by atoms with Gasteiger partial charge in [0, 0.05) is 24.0 Å². The molecule has 0 aliphatic heterocycles. The van der Waals surface area contributed by atoms with Crippen molar-refractivity contribution < 1.29 is 18.0 Å². The van der Waals surface area contributed by atoms with Gasteiger partial charge in [0.05, 0.1) is 0 Å². The van der Waals surface area contributed by atoms with Crippen molar-refractivity contribution in [3.05, 3.63) is 70.5 Å². The van der Waals surface area contributed by atoms with Crippen molar-refractivity contribution in [3.8, 4) is 0 Å². The maximum atomic E-state index is 13.4. The fourth-order valence-electron chi connectivity index (χ4n) is 1.78. The van der Waals surface area contributed by atoms with E-state index in [0.29, 0.717) is 17.5 Å². The zero-order valence-electron chi connectivity index (χ0n) is 10.8. The Balaban J connectivity index is 2.08. The van der Waals surface area contributed by atoms with Crippen LogP contribution < -0.4 is 5.32 Å². The van der Waals surface area contributed by atoms with Crippen molar-refractivity contribution in [1.29, 1.82) is 0 Å². The fourth-order valence-corrected chi connectivity index (χ4v) is 2.15. The molecular weight excluding hydrogens is 347 g/mol. The van der Waals surface area contributed by atoms with Crippen molar-refractivity contribution in [1.82, 2.24) is 5.32 Å². The Hall–Kier alpha value is -1.82. The maximum absolute atomic E-state index is 13.4. The zero-order valence-corrected chi connectivity index (χ0v) is 12.4. The Morgan fingerprint density at radius 2 is 1.52 bits per heavy atom. The number of rotatable bonds is 4. The molecule has 0 fully saturated rings. The van der Waals surface area contributed by atoms with Gasteiger partial charge in [0.1, 0.15) is 23.0 Å². The minimum absolute atomic E-state index is 0.123. The van der Waals surface area contributed by atoms with Gasteiger partial charge in [-0.15, -0.1) is 0 Å². The Bertz CT molecular complexity index is 635. The van der Waals surface area contributed by atoms with Crippen LogP contribution in [0.5, 0.6) is 0 Å². The van der Waals surface area contributed by atoms with E-state index in [4.69, 9.17) is 0 Å². The molecular formula is C15H11BrF3NO. The topological polar surface area (TPSA) is 29.1 Å². The standard InChI is InChI=1S/C15H11BrF3NO/c16-7-9-1-3-10(4-2-9)8-20-15(21)14-12(18)5-11(17)6-13(14)19/h1-6H,7-8H2,(H,20,21). The van der Waals surface area contributed by atoms with Gasteiger partial charge in [-0.05, 0) is 11.1 Å². The lowest BCUT2D eigenvalue weighted by molar-refractivity contribution is 0.0942. The molecule has 2 rings (SSSR count). The SMILES string of the molecule is O=C(NCc1ccc(CBr)cc1)c1c(F)cc(F)cc1F. The summed E-state index contributed by atoms with van der Waals surface area (Å²) in [6.45, 7) is 0.123. The van der Waals surface area contributed by atoms with Crippen LogP contribution in [0.25, 0.3) is 0 Å². The quantitative estimate of drug-likeness (QED) is 0.825. The van der Waals surface area contributed by atoms with Gasteiger partial charge >= 0.3 is 0 Å². The first kappa shape index (κ1) is 15.6. The third-order valence-corrected chi connectivity index (χ3v) is 3.51. The van der Waals surface area contributed by atoms with Crippen LogP contribution in [0, 0.1) is 17.5 Å². The minimum atomic E-state index is -1.22. The van der Waals surface area contributed by atoms with Crippen molar-refractivity contribution in [2.24, 2.45) is 0 Å². The second kappa shape index (κ2) is 6.76. The molecule has 0 aliphatic rings. The summed E-state index contributed by atoms with van der Waals surface area (Å²) in [5.74, 6) is -4.43. The second-order valence-corrected chi connectivity index (χ2v) is 4.94. The van der Waals surface area contributed by atoms with Gasteiger partial charge in [-0.25, -0.2) is 13.2 Å². The number of hydrogen-bond donors (Lipinski definition) is 1. The lowest BCUT2D eigenvalue weighted by Gasteiger charge is -2.08. The molecule has 0 spiro atoms. The summed E-state index contributed by atoms with van der Waals surface area (Å²) in [5, 5.41) is 3.11. The predicted octanol–water partition coefficient (Wildman–Crippen LogP) is 3.93. The molecule has 0 bridgehead atoms. The third kappa shape index (κ3) is 3.85. The number of carbonyl (C=O) groups excluding carboxylic acids is 1. The van der Waals surface area contributed by atoms with E-state index in [-0.39, 0.29) is 6.54 Å². The first-order valence-electron chi connectivity index (χ1n) is 6.08. The summed E-state index contributed by atoms with van der Waals surface area (Å²) in [5.41, 5.74) is 1.07. The summed E-state index contributed by atoms with van der Waals surface area (Å²) in [7, 11) is 0. The molecule has 0 unspecified atom stereocenters.